The largest absolute Gasteiger partial charge is 0.497 e. The topological polar surface area (TPSA) is 86.1 Å². The molecular weight excluding hydrogens is 376 g/mol. The summed E-state index contributed by atoms with van der Waals surface area (Å²) in [5.41, 5.74) is 1.98. The number of nitrogens with one attached hydrogen (secondary N) is 1. The third-order valence-electron chi connectivity index (χ3n) is 4.04. The van der Waals surface area contributed by atoms with Gasteiger partial charge in [0.1, 0.15) is 12.1 Å². The summed E-state index contributed by atoms with van der Waals surface area (Å²) in [5, 5.41) is 11.1. The highest BCUT2D eigenvalue weighted by Gasteiger charge is 2.19. The van der Waals surface area contributed by atoms with Gasteiger partial charge >= 0.3 is 0 Å². The van der Waals surface area contributed by atoms with Gasteiger partial charge in [0.15, 0.2) is 10.9 Å². The lowest BCUT2D eigenvalue weighted by Gasteiger charge is -2.13. The van der Waals surface area contributed by atoms with Gasteiger partial charge in [-0.1, -0.05) is 30.0 Å². The molecule has 0 spiro atoms. The molecule has 0 bridgehead atoms. The van der Waals surface area contributed by atoms with Crippen LogP contribution >= 0.6 is 11.8 Å². The highest BCUT2D eigenvalue weighted by atomic mass is 32.2. The first-order chi connectivity index (χ1) is 13.5. The van der Waals surface area contributed by atoms with Gasteiger partial charge in [0.25, 0.3) is 0 Å². The minimum atomic E-state index is -0.422. The first kappa shape index (κ1) is 19.6. The van der Waals surface area contributed by atoms with E-state index in [1.165, 1.54) is 18.7 Å². The van der Waals surface area contributed by atoms with Crippen molar-refractivity contribution in [2.24, 2.45) is 0 Å². The Kier molecular flexibility index (Phi) is 6.10. The number of hydrogen-bond acceptors (Lipinski definition) is 6. The van der Waals surface area contributed by atoms with Crippen LogP contribution in [-0.4, -0.2) is 38.8 Å². The molecule has 0 saturated heterocycles. The predicted molar refractivity (Wildman–Crippen MR) is 108 cm³/mol. The number of benzene rings is 2. The average Bonchev–Trinajstić information content (AvgIpc) is 3.16. The Hall–Kier alpha value is -3.13. The summed E-state index contributed by atoms with van der Waals surface area (Å²) in [5.74, 6) is 0.481. The van der Waals surface area contributed by atoms with Crippen LogP contribution in [0.5, 0.6) is 5.75 Å². The van der Waals surface area contributed by atoms with Crippen LogP contribution in [0, 0.1) is 0 Å². The summed E-state index contributed by atoms with van der Waals surface area (Å²) in [6.45, 7) is 3.28. The standard InChI is InChI=1S/C20H20N4O3S/c1-13(25)15-6-4-7-16(10-15)22-19(26)14(2)28-20-23-21-12-24(20)17-8-5-9-18(11-17)27-3/h4-12,14H,1-3H3,(H,22,26)/t14-/m1/s1. The van der Waals surface area contributed by atoms with E-state index in [2.05, 4.69) is 15.5 Å². The van der Waals surface area contributed by atoms with Crippen LogP contribution < -0.4 is 10.1 Å². The Morgan fingerprint density at radius 3 is 2.71 bits per heavy atom. The summed E-state index contributed by atoms with van der Waals surface area (Å²) in [6.07, 6.45) is 1.60. The molecule has 28 heavy (non-hydrogen) atoms. The van der Waals surface area contributed by atoms with Crippen molar-refractivity contribution >= 4 is 29.1 Å². The molecule has 144 valence electrons. The number of Topliss-reactive ketones (excluding diaryl/α,β-unsaturated/α-hetero) is 1. The van der Waals surface area contributed by atoms with Gasteiger partial charge in [-0.15, -0.1) is 10.2 Å². The van der Waals surface area contributed by atoms with Gasteiger partial charge in [0, 0.05) is 17.3 Å². The number of nitrogens with zero attached hydrogens (tertiary/aromatic N) is 3. The number of methoxy groups -OCH3 is 1. The normalized spacial score (nSPS) is 11.7. The van der Waals surface area contributed by atoms with Gasteiger partial charge in [-0.3, -0.25) is 14.2 Å². The first-order valence-electron chi connectivity index (χ1n) is 8.61. The van der Waals surface area contributed by atoms with Gasteiger partial charge in [-0.25, -0.2) is 0 Å². The average molecular weight is 396 g/mol. The van der Waals surface area contributed by atoms with Crippen molar-refractivity contribution in [1.29, 1.82) is 0 Å². The van der Waals surface area contributed by atoms with E-state index in [0.29, 0.717) is 16.4 Å². The Morgan fingerprint density at radius 2 is 1.96 bits per heavy atom. The van der Waals surface area contributed by atoms with Crippen LogP contribution in [0.3, 0.4) is 0 Å². The highest BCUT2D eigenvalue weighted by Crippen LogP contribution is 2.26. The van der Waals surface area contributed by atoms with E-state index in [1.54, 1.807) is 49.2 Å². The van der Waals surface area contributed by atoms with Crippen molar-refractivity contribution in [3.05, 3.63) is 60.4 Å². The first-order valence-corrected chi connectivity index (χ1v) is 9.49. The minimum absolute atomic E-state index is 0.0510. The molecule has 1 aromatic heterocycles. The fourth-order valence-electron chi connectivity index (χ4n) is 2.51. The fraction of sp³-hybridized carbons (Fsp3) is 0.200. The molecule has 3 aromatic rings. The molecule has 0 radical (unpaired) electrons. The molecule has 7 nitrogen and oxygen atoms in total. The lowest BCUT2D eigenvalue weighted by molar-refractivity contribution is -0.115. The molecule has 0 aliphatic carbocycles. The molecule has 8 heteroatoms. The minimum Gasteiger partial charge on any atom is -0.497 e. The predicted octanol–water partition coefficient (Wildman–Crippen LogP) is 3.60. The van der Waals surface area contributed by atoms with E-state index in [1.807, 2.05) is 24.3 Å². The Labute approximate surface area is 167 Å². The van der Waals surface area contributed by atoms with E-state index in [4.69, 9.17) is 4.74 Å². The number of hydrogen-bond donors (Lipinski definition) is 1. The number of thioether (sulfide) groups is 1. The number of ether oxygens (including phenoxy) is 1. The van der Waals surface area contributed by atoms with Crippen molar-refractivity contribution in [3.63, 3.8) is 0 Å². The molecule has 1 atom stereocenters. The molecule has 1 amide bonds. The molecule has 0 aliphatic heterocycles. The van der Waals surface area contributed by atoms with Gasteiger partial charge in [0.2, 0.25) is 5.91 Å². The highest BCUT2D eigenvalue weighted by molar-refractivity contribution is 8.00. The van der Waals surface area contributed by atoms with Crippen LogP contribution in [0.15, 0.2) is 60.0 Å². The molecule has 3 rings (SSSR count). The van der Waals surface area contributed by atoms with Crippen LogP contribution in [0.25, 0.3) is 5.69 Å². The lowest BCUT2D eigenvalue weighted by atomic mass is 10.1. The number of carbonyl (C=O) groups excluding carboxylic acids is 2. The van der Waals surface area contributed by atoms with Crippen molar-refractivity contribution in [3.8, 4) is 11.4 Å². The summed E-state index contributed by atoms with van der Waals surface area (Å²) in [7, 11) is 1.61. The summed E-state index contributed by atoms with van der Waals surface area (Å²) in [6, 6.07) is 14.4. The van der Waals surface area contributed by atoms with Crippen molar-refractivity contribution < 1.29 is 14.3 Å². The number of aromatic nitrogens is 3. The van der Waals surface area contributed by atoms with Gasteiger partial charge < -0.3 is 10.1 Å². The third-order valence-corrected chi connectivity index (χ3v) is 5.09. The summed E-state index contributed by atoms with van der Waals surface area (Å²) in [4.78, 5) is 24.1. The number of rotatable bonds is 7. The lowest BCUT2D eigenvalue weighted by Crippen LogP contribution is -2.23. The zero-order valence-electron chi connectivity index (χ0n) is 15.7. The molecule has 0 aliphatic rings. The van der Waals surface area contributed by atoms with Gasteiger partial charge in [0.05, 0.1) is 18.0 Å². The quantitative estimate of drug-likeness (QED) is 0.485. The maximum atomic E-state index is 12.6. The fourth-order valence-corrected chi connectivity index (χ4v) is 3.36. The van der Waals surface area contributed by atoms with Crippen LogP contribution in [-0.2, 0) is 4.79 Å². The van der Waals surface area contributed by atoms with Crippen molar-refractivity contribution in [1.82, 2.24) is 14.8 Å². The van der Waals surface area contributed by atoms with Crippen LogP contribution in [0.4, 0.5) is 5.69 Å². The Bertz CT molecular complexity index is 1000. The number of anilines is 1. The SMILES string of the molecule is COc1cccc(-n2cnnc2S[C@H](C)C(=O)Nc2cccc(C(C)=O)c2)c1. The Morgan fingerprint density at radius 1 is 1.18 bits per heavy atom. The van der Waals surface area contributed by atoms with E-state index in [-0.39, 0.29) is 11.7 Å². The summed E-state index contributed by atoms with van der Waals surface area (Å²) >= 11 is 1.29. The second kappa shape index (κ2) is 8.71. The maximum Gasteiger partial charge on any atom is 0.237 e. The monoisotopic (exact) mass is 396 g/mol. The summed E-state index contributed by atoms with van der Waals surface area (Å²) < 4.78 is 7.05. The van der Waals surface area contributed by atoms with E-state index >= 15 is 0 Å². The molecule has 0 unspecified atom stereocenters. The number of amides is 1. The second-order valence-electron chi connectivity index (χ2n) is 6.07. The number of ketones is 1. The molecular formula is C20H20N4O3S. The molecule has 1 heterocycles. The smallest absolute Gasteiger partial charge is 0.237 e. The number of carbonyl (C=O) groups is 2. The van der Waals surface area contributed by atoms with Crippen molar-refractivity contribution in [2.45, 2.75) is 24.3 Å². The van der Waals surface area contributed by atoms with E-state index in [9.17, 15) is 9.59 Å². The van der Waals surface area contributed by atoms with Crippen molar-refractivity contribution in [2.75, 3.05) is 12.4 Å². The van der Waals surface area contributed by atoms with E-state index in [0.717, 1.165) is 11.4 Å². The molecule has 1 N–H and O–H groups in total. The molecule has 0 saturated carbocycles. The maximum absolute atomic E-state index is 12.6. The Balaban J connectivity index is 1.72. The molecule has 0 fully saturated rings. The van der Waals surface area contributed by atoms with Gasteiger partial charge in [-0.05, 0) is 38.1 Å². The zero-order chi connectivity index (χ0) is 20.1. The molecule has 2 aromatic carbocycles. The third kappa shape index (κ3) is 4.58. The zero-order valence-corrected chi connectivity index (χ0v) is 16.6. The van der Waals surface area contributed by atoms with Gasteiger partial charge in [-0.2, -0.15) is 0 Å². The second-order valence-corrected chi connectivity index (χ2v) is 7.38. The van der Waals surface area contributed by atoms with Crippen LogP contribution in [0.2, 0.25) is 0 Å². The van der Waals surface area contributed by atoms with Crippen LogP contribution in [0.1, 0.15) is 24.2 Å². The van der Waals surface area contributed by atoms with E-state index < -0.39 is 5.25 Å².